The Bertz CT molecular complexity index is 695. The molecule has 2 aromatic rings. The number of benzene rings is 1. The summed E-state index contributed by atoms with van der Waals surface area (Å²) in [5, 5.41) is 8.86. The summed E-state index contributed by atoms with van der Waals surface area (Å²) in [7, 11) is 0. The first-order valence-electron chi connectivity index (χ1n) is 8.55. The van der Waals surface area contributed by atoms with Crippen molar-refractivity contribution in [3.05, 3.63) is 41.5 Å². The molecule has 7 nitrogen and oxygen atoms in total. The van der Waals surface area contributed by atoms with Crippen molar-refractivity contribution in [1.82, 2.24) is 15.5 Å². The van der Waals surface area contributed by atoms with Gasteiger partial charge in [0, 0.05) is 18.7 Å². The number of aromatic nitrogens is 2. The van der Waals surface area contributed by atoms with Crippen molar-refractivity contribution >= 4 is 17.5 Å². The first-order chi connectivity index (χ1) is 12.1. The third kappa shape index (κ3) is 6.37. The molecule has 0 unspecified atom stereocenters. The first-order valence-corrected chi connectivity index (χ1v) is 8.55. The molecule has 0 radical (unpaired) electrons. The Morgan fingerprint density at radius 2 is 1.84 bits per heavy atom. The molecule has 134 valence electrons. The Kier molecular flexibility index (Phi) is 7.13. The summed E-state index contributed by atoms with van der Waals surface area (Å²) in [6.07, 6.45) is 4.47. The monoisotopic (exact) mass is 344 g/mol. The molecule has 0 atom stereocenters. The summed E-state index contributed by atoms with van der Waals surface area (Å²) < 4.78 is 4.98. The molecule has 1 aromatic carbocycles. The van der Waals surface area contributed by atoms with E-state index in [1.807, 2.05) is 24.3 Å². The second kappa shape index (κ2) is 9.56. The van der Waals surface area contributed by atoms with E-state index in [4.69, 9.17) is 4.52 Å². The SMILES string of the molecule is CCCCc1ccc(NC(=O)C(=O)NCCCc2nc(C)no2)cc1. The first kappa shape index (κ1) is 18.6. The number of aryl methyl sites for hydroxylation is 3. The number of hydrogen-bond acceptors (Lipinski definition) is 5. The second-order valence-electron chi connectivity index (χ2n) is 5.85. The van der Waals surface area contributed by atoms with Gasteiger partial charge in [-0.3, -0.25) is 9.59 Å². The van der Waals surface area contributed by atoms with Crippen LogP contribution in [0.15, 0.2) is 28.8 Å². The van der Waals surface area contributed by atoms with Crippen LogP contribution in [0.25, 0.3) is 0 Å². The molecule has 1 aromatic heterocycles. The van der Waals surface area contributed by atoms with Crippen molar-refractivity contribution in [2.45, 2.75) is 46.0 Å². The lowest BCUT2D eigenvalue weighted by Gasteiger charge is -2.07. The van der Waals surface area contributed by atoms with Gasteiger partial charge < -0.3 is 15.2 Å². The third-order valence-electron chi connectivity index (χ3n) is 3.66. The number of rotatable bonds is 8. The van der Waals surface area contributed by atoms with E-state index in [0.717, 1.165) is 19.3 Å². The summed E-state index contributed by atoms with van der Waals surface area (Å²) >= 11 is 0. The number of unbranched alkanes of at least 4 members (excludes halogenated alkanes) is 1. The van der Waals surface area contributed by atoms with Crippen LogP contribution in [0.3, 0.4) is 0 Å². The maximum Gasteiger partial charge on any atom is 0.313 e. The number of carbonyl (C=O) groups excluding carboxylic acids is 2. The lowest BCUT2D eigenvalue weighted by atomic mass is 10.1. The maximum atomic E-state index is 11.9. The summed E-state index contributed by atoms with van der Waals surface area (Å²) in [4.78, 5) is 27.7. The van der Waals surface area contributed by atoms with Crippen molar-refractivity contribution in [1.29, 1.82) is 0 Å². The predicted octanol–water partition coefficient (Wildman–Crippen LogP) is 2.41. The van der Waals surface area contributed by atoms with E-state index in [9.17, 15) is 9.59 Å². The van der Waals surface area contributed by atoms with Gasteiger partial charge in [-0.2, -0.15) is 4.98 Å². The highest BCUT2D eigenvalue weighted by atomic mass is 16.5. The molecule has 25 heavy (non-hydrogen) atoms. The van der Waals surface area contributed by atoms with E-state index < -0.39 is 11.8 Å². The molecule has 1 heterocycles. The van der Waals surface area contributed by atoms with Gasteiger partial charge in [0.15, 0.2) is 5.82 Å². The van der Waals surface area contributed by atoms with Crippen LogP contribution in [0.2, 0.25) is 0 Å². The highest BCUT2D eigenvalue weighted by molar-refractivity contribution is 6.39. The molecule has 0 saturated heterocycles. The number of carbonyl (C=O) groups is 2. The van der Waals surface area contributed by atoms with Crippen molar-refractivity contribution in [2.75, 3.05) is 11.9 Å². The third-order valence-corrected chi connectivity index (χ3v) is 3.66. The summed E-state index contributed by atoms with van der Waals surface area (Å²) in [5.41, 5.74) is 1.84. The van der Waals surface area contributed by atoms with Crippen LogP contribution < -0.4 is 10.6 Å². The van der Waals surface area contributed by atoms with Crippen LogP contribution in [-0.4, -0.2) is 28.5 Å². The van der Waals surface area contributed by atoms with Crippen molar-refractivity contribution in [2.24, 2.45) is 0 Å². The van der Waals surface area contributed by atoms with E-state index in [1.54, 1.807) is 6.92 Å². The van der Waals surface area contributed by atoms with Gasteiger partial charge in [-0.25, -0.2) is 0 Å². The van der Waals surface area contributed by atoms with Crippen LogP contribution in [0.4, 0.5) is 5.69 Å². The minimum absolute atomic E-state index is 0.365. The molecular weight excluding hydrogens is 320 g/mol. The molecule has 2 rings (SSSR count). The standard InChI is InChI=1S/C18H24N4O3/c1-3-4-6-14-8-10-15(11-9-14)21-18(24)17(23)19-12-5-7-16-20-13(2)22-25-16/h8-11H,3-7,12H2,1-2H3,(H,19,23)(H,21,24). The van der Waals surface area contributed by atoms with Crippen LogP contribution in [0.5, 0.6) is 0 Å². The highest BCUT2D eigenvalue weighted by Crippen LogP contribution is 2.11. The van der Waals surface area contributed by atoms with Crippen molar-refractivity contribution in [3.63, 3.8) is 0 Å². The zero-order chi connectivity index (χ0) is 18.1. The summed E-state index contributed by atoms with van der Waals surface area (Å²) in [6, 6.07) is 7.56. The van der Waals surface area contributed by atoms with Crippen molar-refractivity contribution in [3.8, 4) is 0 Å². The molecule has 0 spiro atoms. The Balaban J connectivity index is 1.69. The molecule has 7 heteroatoms. The van der Waals surface area contributed by atoms with Gasteiger partial charge in [0.1, 0.15) is 0 Å². The molecule has 0 aliphatic heterocycles. The summed E-state index contributed by atoms with van der Waals surface area (Å²) in [6.45, 7) is 4.26. The van der Waals surface area contributed by atoms with Gasteiger partial charge in [0.05, 0.1) is 0 Å². The van der Waals surface area contributed by atoms with Crippen molar-refractivity contribution < 1.29 is 14.1 Å². The Morgan fingerprint density at radius 3 is 2.48 bits per heavy atom. The fourth-order valence-electron chi connectivity index (χ4n) is 2.29. The molecule has 0 fully saturated rings. The highest BCUT2D eigenvalue weighted by Gasteiger charge is 2.13. The number of nitrogens with zero attached hydrogens (tertiary/aromatic N) is 2. The smallest absolute Gasteiger partial charge is 0.313 e. The minimum atomic E-state index is -0.671. The summed E-state index contributed by atoms with van der Waals surface area (Å²) in [5.74, 6) is -0.217. The van der Waals surface area contributed by atoms with Gasteiger partial charge in [0.2, 0.25) is 5.89 Å². The molecule has 0 saturated carbocycles. The Morgan fingerprint density at radius 1 is 1.08 bits per heavy atom. The van der Waals surface area contributed by atoms with E-state index in [-0.39, 0.29) is 0 Å². The Hall–Kier alpha value is -2.70. The predicted molar refractivity (Wildman–Crippen MR) is 94.0 cm³/mol. The van der Waals surface area contributed by atoms with Gasteiger partial charge in [-0.05, 0) is 43.9 Å². The van der Waals surface area contributed by atoms with Gasteiger partial charge in [-0.1, -0.05) is 30.6 Å². The molecular formula is C18H24N4O3. The van der Waals surface area contributed by atoms with Gasteiger partial charge in [-0.15, -0.1) is 0 Å². The minimum Gasteiger partial charge on any atom is -0.348 e. The molecule has 0 bridgehead atoms. The molecule has 0 aliphatic rings. The van der Waals surface area contributed by atoms with Crippen LogP contribution in [0.1, 0.15) is 43.5 Å². The zero-order valence-electron chi connectivity index (χ0n) is 14.7. The molecule has 2 amide bonds. The quantitative estimate of drug-likeness (QED) is 0.566. The van der Waals surface area contributed by atoms with E-state index in [0.29, 0.717) is 36.8 Å². The topological polar surface area (TPSA) is 97.1 Å². The average Bonchev–Trinajstić information content (AvgIpc) is 3.03. The second-order valence-corrected chi connectivity index (χ2v) is 5.85. The van der Waals surface area contributed by atoms with E-state index >= 15 is 0 Å². The maximum absolute atomic E-state index is 11.9. The van der Waals surface area contributed by atoms with Gasteiger partial charge >= 0.3 is 11.8 Å². The van der Waals surface area contributed by atoms with Crippen LogP contribution in [0, 0.1) is 6.92 Å². The Labute approximate surface area is 147 Å². The fraction of sp³-hybridized carbons (Fsp3) is 0.444. The largest absolute Gasteiger partial charge is 0.348 e. The molecule has 2 N–H and O–H groups in total. The van der Waals surface area contributed by atoms with Crippen LogP contribution in [-0.2, 0) is 22.4 Å². The van der Waals surface area contributed by atoms with Gasteiger partial charge in [0.25, 0.3) is 0 Å². The lowest BCUT2D eigenvalue weighted by molar-refractivity contribution is -0.136. The number of amides is 2. The lowest BCUT2D eigenvalue weighted by Crippen LogP contribution is -2.36. The van der Waals surface area contributed by atoms with E-state index in [2.05, 4.69) is 27.7 Å². The normalized spacial score (nSPS) is 10.5. The fourth-order valence-corrected chi connectivity index (χ4v) is 2.29. The zero-order valence-corrected chi connectivity index (χ0v) is 14.7. The number of anilines is 1. The number of hydrogen-bond donors (Lipinski definition) is 2. The number of nitrogens with one attached hydrogen (secondary N) is 2. The molecule has 0 aliphatic carbocycles. The van der Waals surface area contributed by atoms with E-state index in [1.165, 1.54) is 5.56 Å². The van der Waals surface area contributed by atoms with Crippen LogP contribution >= 0.6 is 0 Å². The average molecular weight is 344 g/mol.